The van der Waals surface area contributed by atoms with E-state index in [0.717, 1.165) is 5.56 Å². The van der Waals surface area contributed by atoms with Crippen LogP contribution in [0.4, 0.5) is 0 Å². The van der Waals surface area contributed by atoms with E-state index >= 15 is 0 Å². The highest BCUT2D eigenvalue weighted by Crippen LogP contribution is 2.17. The van der Waals surface area contributed by atoms with E-state index < -0.39 is 0 Å². The second-order valence-electron chi connectivity index (χ2n) is 3.40. The second kappa shape index (κ2) is 4.45. The lowest BCUT2D eigenvalue weighted by Gasteiger charge is -2.05. The Bertz CT molecular complexity index is 579. The molecule has 2 aromatic rings. The molecule has 0 unspecified atom stereocenters. The Hall–Kier alpha value is -2.34. The van der Waals surface area contributed by atoms with Crippen molar-refractivity contribution in [2.75, 3.05) is 0 Å². The fourth-order valence-corrected chi connectivity index (χ4v) is 1.66. The summed E-state index contributed by atoms with van der Waals surface area (Å²) in [5.41, 5.74) is 2.04. The van der Waals surface area contributed by atoms with Crippen LogP contribution in [0.15, 0.2) is 47.4 Å². The number of H-pyrrole nitrogens is 1. The summed E-state index contributed by atoms with van der Waals surface area (Å²) in [6.07, 6.45) is 1.78. The number of aromatic amines is 1. The van der Waals surface area contributed by atoms with Gasteiger partial charge in [-0.15, -0.1) is 0 Å². The molecule has 0 saturated carbocycles. The molecular formula is C13H10N2O. The summed E-state index contributed by atoms with van der Waals surface area (Å²) in [6.45, 7) is 0. The van der Waals surface area contributed by atoms with Crippen LogP contribution < -0.4 is 5.43 Å². The number of nitriles is 1. The molecule has 3 heteroatoms. The van der Waals surface area contributed by atoms with E-state index in [4.69, 9.17) is 5.26 Å². The van der Waals surface area contributed by atoms with E-state index in [-0.39, 0.29) is 11.8 Å². The average Bonchev–Trinajstić information content (AvgIpc) is 2.31. The highest BCUT2D eigenvalue weighted by molar-refractivity contribution is 5.65. The molecule has 16 heavy (non-hydrogen) atoms. The zero-order valence-electron chi connectivity index (χ0n) is 8.60. The molecule has 2 rings (SSSR count). The van der Waals surface area contributed by atoms with Gasteiger partial charge in [-0.05, 0) is 5.56 Å². The van der Waals surface area contributed by atoms with Gasteiger partial charge in [0.25, 0.3) is 0 Å². The topological polar surface area (TPSA) is 56.6 Å². The smallest absolute Gasteiger partial charge is 0.189 e. The van der Waals surface area contributed by atoms with Crippen LogP contribution in [0.5, 0.6) is 0 Å². The first kappa shape index (κ1) is 10.2. The minimum Gasteiger partial charge on any atom is -0.363 e. The van der Waals surface area contributed by atoms with Gasteiger partial charge in [0, 0.05) is 23.5 Å². The molecule has 0 aliphatic rings. The Balaban J connectivity index is 2.64. The zero-order chi connectivity index (χ0) is 11.4. The summed E-state index contributed by atoms with van der Waals surface area (Å²) < 4.78 is 0. The first-order chi connectivity index (χ1) is 7.83. The first-order valence-corrected chi connectivity index (χ1v) is 4.96. The standard InChI is InChI=1S/C13H10N2O/c14-8-6-11-13(12(16)7-9-15-11)10-4-2-1-3-5-10/h1-5,7,9H,6H2,(H,15,16). The Morgan fingerprint density at radius 2 is 1.94 bits per heavy atom. The molecule has 0 atom stereocenters. The van der Waals surface area contributed by atoms with Crippen molar-refractivity contribution in [1.29, 1.82) is 5.26 Å². The molecule has 0 fully saturated rings. The van der Waals surface area contributed by atoms with Crippen molar-refractivity contribution in [1.82, 2.24) is 4.98 Å². The Morgan fingerprint density at radius 3 is 2.62 bits per heavy atom. The summed E-state index contributed by atoms with van der Waals surface area (Å²) >= 11 is 0. The molecule has 1 heterocycles. The number of pyridine rings is 1. The fraction of sp³-hybridized carbons (Fsp3) is 0.0769. The van der Waals surface area contributed by atoms with Crippen LogP contribution in [0.2, 0.25) is 0 Å². The zero-order valence-corrected chi connectivity index (χ0v) is 8.60. The summed E-state index contributed by atoms with van der Waals surface area (Å²) in [5, 5.41) is 8.71. The molecule has 0 saturated heterocycles. The monoisotopic (exact) mass is 210 g/mol. The molecule has 0 radical (unpaired) electrons. The van der Waals surface area contributed by atoms with Crippen molar-refractivity contribution in [2.45, 2.75) is 6.42 Å². The van der Waals surface area contributed by atoms with Gasteiger partial charge in [0.1, 0.15) is 0 Å². The van der Waals surface area contributed by atoms with Crippen molar-refractivity contribution >= 4 is 0 Å². The van der Waals surface area contributed by atoms with Gasteiger partial charge < -0.3 is 4.98 Å². The van der Waals surface area contributed by atoms with Gasteiger partial charge in [0.2, 0.25) is 0 Å². The molecule has 0 bridgehead atoms. The van der Waals surface area contributed by atoms with Crippen molar-refractivity contribution in [3.63, 3.8) is 0 Å². The molecular weight excluding hydrogens is 200 g/mol. The molecule has 1 aromatic heterocycles. The SMILES string of the molecule is N#CCc1[nH]ccc(=O)c1-c1ccccc1. The lowest BCUT2D eigenvalue weighted by atomic mass is 10.0. The Kier molecular flexibility index (Phi) is 2.84. The molecule has 1 aromatic carbocycles. The third-order valence-corrected chi connectivity index (χ3v) is 2.36. The number of hydrogen-bond acceptors (Lipinski definition) is 2. The van der Waals surface area contributed by atoms with Crippen LogP contribution in [-0.4, -0.2) is 4.98 Å². The average molecular weight is 210 g/mol. The predicted molar refractivity (Wildman–Crippen MR) is 61.8 cm³/mol. The Morgan fingerprint density at radius 1 is 1.19 bits per heavy atom. The maximum atomic E-state index is 11.8. The van der Waals surface area contributed by atoms with Gasteiger partial charge in [-0.3, -0.25) is 4.79 Å². The van der Waals surface area contributed by atoms with Crippen molar-refractivity contribution in [2.24, 2.45) is 0 Å². The van der Waals surface area contributed by atoms with Crippen LogP contribution in [0, 0.1) is 11.3 Å². The molecule has 1 N–H and O–H groups in total. The van der Waals surface area contributed by atoms with Crippen LogP contribution in [-0.2, 0) is 6.42 Å². The van der Waals surface area contributed by atoms with Gasteiger partial charge >= 0.3 is 0 Å². The third kappa shape index (κ3) is 1.86. The van der Waals surface area contributed by atoms with E-state index in [2.05, 4.69) is 11.1 Å². The van der Waals surface area contributed by atoms with Crippen LogP contribution in [0.25, 0.3) is 11.1 Å². The number of nitrogens with one attached hydrogen (secondary N) is 1. The number of benzene rings is 1. The number of hydrogen-bond donors (Lipinski definition) is 1. The van der Waals surface area contributed by atoms with Crippen molar-refractivity contribution in [3.8, 4) is 17.2 Å². The highest BCUT2D eigenvalue weighted by Gasteiger charge is 2.08. The van der Waals surface area contributed by atoms with Gasteiger partial charge in [0.05, 0.1) is 12.5 Å². The van der Waals surface area contributed by atoms with Crippen LogP contribution >= 0.6 is 0 Å². The first-order valence-electron chi connectivity index (χ1n) is 4.96. The molecule has 0 amide bonds. The van der Waals surface area contributed by atoms with E-state index in [1.54, 1.807) is 6.20 Å². The molecule has 0 aliphatic heterocycles. The van der Waals surface area contributed by atoms with E-state index in [0.29, 0.717) is 11.3 Å². The van der Waals surface area contributed by atoms with E-state index in [1.807, 2.05) is 30.3 Å². The number of rotatable bonds is 2. The second-order valence-corrected chi connectivity index (χ2v) is 3.40. The van der Waals surface area contributed by atoms with Crippen LogP contribution in [0.1, 0.15) is 5.69 Å². The molecule has 0 aliphatic carbocycles. The normalized spacial score (nSPS) is 9.69. The number of nitrogens with zero attached hydrogens (tertiary/aromatic N) is 1. The van der Waals surface area contributed by atoms with Gasteiger partial charge in [-0.1, -0.05) is 30.3 Å². The van der Waals surface area contributed by atoms with Gasteiger partial charge in [-0.25, -0.2) is 0 Å². The van der Waals surface area contributed by atoms with E-state index in [1.165, 1.54) is 6.07 Å². The summed E-state index contributed by atoms with van der Waals surface area (Å²) in [5.74, 6) is 0. The van der Waals surface area contributed by atoms with Gasteiger partial charge in [0.15, 0.2) is 5.43 Å². The molecule has 78 valence electrons. The fourth-order valence-electron chi connectivity index (χ4n) is 1.66. The van der Waals surface area contributed by atoms with E-state index in [9.17, 15) is 4.79 Å². The largest absolute Gasteiger partial charge is 0.363 e. The van der Waals surface area contributed by atoms with Crippen molar-refractivity contribution < 1.29 is 0 Å². The van der Waals surface area contributed by atoms with Crippen molar-refractivity contribution in [3.05, 3.63) is 58.5 Å². The minimum atomic E-state index is -0.0600. The minimum absolute atomic E-state index is 0.0600. The lowest BCUT2D eigenvalue weighted by molar-refractivity contribution is 1.11. The predicted octanol–water partition coefficient (Wildman–Crippen LogP) is 2.11. The summed E-state index contributed by atoms with van der Waals surface area (Å²) in [4.78, 5) is 14.7. The maximum absolute atomic E-state index is 11.8. The number of aromatic nitrogens is 1. The quantitative estimate of drug-likeness (QED) is 0.825. The molecule has 3 nitrogen and oxygen atoms in total. The Labute approximate surface area is 93.0 Å². The highest BCUT2D eigenvalue weighted by atomic mass is 16.1. The summed E-state index contributed by atoms with van der Waals surface area (Å²) in [7, 11) is 0. The molecule has 0 spiro atoms. The van der Waals surface area contributed by atoms with Crippen LogP contribution in [0.3, 0.4) is 0 Å². The van der Waals surface area contributed by atoms with Gasteiger partial charge in [-0.2, -0.15) is 5.26 Å². The maximum Gasteiger partial charge on any atom is 0.189 e. The summed E-state index contributed by atoms with van der Waals surface area (Å²) in [6, 6.07) is 12.9. The lowest BCUT2D eigenvalue weighted by Crippen LogP contribution is -2.08. The third-order valence-electron chi connectivity index (χ3n) is 2.36.